The van der Waals surface area contributed by atoms with Gasteiger partial charge in [0, 0.05) is 0 Å². The van der Waals surface area contributed by atoms with Crippen molar-refractivity contribution in [1.82, 2.24) is 0 Å². The van der Waals surface area contributed by atoms with E-state index < -0.39 is 20.5 Å². The third kappa shape index (κ3) is 3.87. The number of hydrogen-bond donors (Lipinski definition) is 4. The minimum Gasteiger partial charge on any atom is -0.324 e. The van der Waals surface area contributed by atoms with Gasteiger partial charge < -0.3 is 19.6 Å². The molecule has 0 aliphatic heterocycles. The fraction of sp³-hybridized carbons (Fsp3) is 0.143. The zero-order valence-corrected chi connectivity index (χ0v) is 9.83. The van der Waals surface area contributed by atoms with Crippen molar-refractivity contribution >= 4 is 27.9 Å². The number of rotatable bonds is 4. The molecule has 16 heavy (non-hydrogen) atoms. The minimum absolute atomic E-state index is 0.346. The molecular formula is C7H10BO6P2. The first-order valence-electron chi connectivity index (χ1n) is 4.21. The van der Waals surface area contributed by atoms with E-state index in [-0.39, 0.29) is 0 Å². The van der Waals surface area contributed by atoms with Crippen LogP contribution in [0.15, 0.2) is 30.3 Å². The van der Waals surface area contributed by atoms with Crippen molar-refractivity contribution < 1.29 is 28.7 Å². The van der Waals surface area contributed by atoms with Gasteiger partial charge >= 0.3 is 15.2 Å². The predicted molar refractivity (Wildman–Crippen MR) is 59.7 cm³/mol. The van der Waals surface area contributed by atoms with E-state index in [0.29, 0.717) is 5.46 Å². The van der Waals surface area contributed by atoms with Gasteiger partial charge in [-0.1, -0.05) is 35.8 Å². The lowest BCUT2D eigenvalue weighted by molar-refractivity contribution is 0.351. The van der Waals surface area contributed by atoms with Crippen LogP contribution in [0.4, 0.5) is 0 Å². The van der Waals surface area contributed by atoms with E-state index in [1.807, 2.05) is 0 Å². The van der Waals surface area contributed by atoms with Crippen LogP contribution in [0.5, 0.6) is 0 Å². The molecule has 87 valence electrons. The van der Waals surface area contributed by atoms with Crippen molar-refractivity contribution in [2.45, 2.75) is 5.30 Å². The van der Waals surface area contributed by atoms with Crippen LogP contribution >= 0.6 is 15.2 Å². The summed E-state index contributed by atoms with van der Waals surface area (Å²) in [4.78, 5) is 35.4. The summed E-state index contributed by atoms with van der Waals surface area (Å²) in [5.74, 6) is 0. The van der Waals surface area contributed by atoms with Gasteiger partial charge in [-0.3, -0.25) is 9.13 Å². The maximum absolute atomic E-state index is 11.0. The van der Waals surface area contributed by atoms with E-state index in [2.05, 4.69) is 0 Å². The SMILES string of the molecule is O=P(O)(O)C([B]c1ccccc1)P(=O)(O)O. The van der Waals surface area contributed by atoms with E-state index in [1.165, 1.54) is 12.1 Å². The van der Waals surface area contributed by atoms with E-state index in [0.717, 1.165) is 7.28 Å². The number of benzene rings is 1. The van der Waals surface area contributed by atoms with E-state index in [9.17, 15) is 9.13 Å². The molecule has 1 aromatic carbocycles. The molecule has 9 heteroatoms. The first kappa shape index (κ1) is 13.6. The Balaban J connectivity index is 2.99. The maximum atomic E-state index is 11.0. The van der Waals surface area contributed by atoms with Gasteiger partial charge in [0.2, 0.25) is 0 Å². The molecule has 0 atom stereocenters. The van der Waals surface area contributed by atoms with Gasteiger partial charge in [0.1, 0.15) is 5.30 Å². The summed E-state index contributed by atoms with van der Waals surface area (Å²) < 4.78 is 21.9. The van der Waals surface area contributed by atoms with Crippen LogP contribution in [0, 0.1) is 0 Å². The van der Waals surface area contributed by atoms with Crippen LogP contribution in [-0.2, 0) is 9.13 Å². The Kier molecular flexibility index (Phi) is 4.13. The third-order valence-electron chi connectivity index (χ3n) is 1.83. The van der Waals surface area contributed by atoms with Crippen LogP contribution in [0.1, 0.15) is 0 Å². The zero-order chi connectivity index (χ0) is 12.4. The monoisotopic (exact) mass is 263 g/mol. The van der Waals surface area contributed by atoms with Crippen molar-refractivity contribution in [1.29, 1.82) is 0 Å². The summed E-state index contributed by atoms with van der Waals surface area (Å²) in [6.07, 6.45) is 0. The highest BCUT2D eigenvalue weighted by Crippen LogP contribution is 2.58. The lowest BCUT2D eigenvalue weighted by Crippen LogP contribution is -2.28. The first-order valence-corrected chi connectivity index (χ1v) is 7.58. The Morgan fingerprint density at radius 1 is 0.938 bits per heavy atom. The summed E-state index contributed by atoms with van der Waals surface area (Å²) in [5.41, 5.74) is 0.346. The second-order valence-electron chi connectivity index (χ2n) is 3.17. The first-order chi connectivity index (χ1) is 7.21. The fourth-order valence-electron chi connectivity index (χ4n) is 1.13. The highest BCUT2D eigenvalue weighted by molar-refractivity contribution is 7.74. The molecule has 0 amide bonds. The summed E-state index contributed by atoms with van der Waals surface area (Å²) in [7, 11) is -8.87. The quantitative estimate of drug-likeness (QED) is 0.436. The highest BCUT2D eigenvalue weighted by atomic mass is 31.2. The van der Waals surface area contributed by atoms with Crippen LogP contribution < -0.4 is 5.46 Å². The van der Waals surface area contributed by atoms with Gasteiger partial charge in [-0.15, -0.1) is 0 Å². The smallest absolute Gasteiger partial charge is 0.324 e. The Bertz CT molecular complexity index is 415. The average Bonchev–Trinajstić information content (AvgIpc) is 2.12. The van der Waals surface area contributed by atoms with Gasteiger partial charge in [-0.05, 0) is 0 Å². The Hall–Kier alpha value is -0.415. The van der Waals surface area contributed by atoms with Crippen LogP contribution in [0.25, 0.3) is 0 Å². The molecule has 4 N–H and O–H groups in total. The molecular weight excluding hydrogens is 253 g/mol. The zero-order valence-electron chi connectivity index (χ0n) is 8.04. The van der Waals surface area contributed by atoms with Crippen molar-refractivity contribution in [3.8, 4) is 0 Å². The molecule has 1 rings (SSSR count). The van der Waals surface area contributed by atoms with Gasteiger partial charge in [-0.2, -0.15) is 0 Å². The van der Waals surface area contributed by atoms with E-state index >= 15 is 0 Å². The molecule has 1 radical (unpaired) electrons. The second kappa shape index (κ2) is 4.84. The van der Waals surface area contributed by atoms with E-state index in [1.54, 1.807) is 18.2 Å². The molecule has 1 aromatic rings. The highest BCUT2D eigenvalue weighted by Gasteiger charge is 2.43. The average molecular weight is 263 g/mol. The molecule has 0 bridgehead atoms. The van der Waals surface area contributed by atoms with Crippen LogP contribution in [-0.4, -0.2) is 32.2 Å². The molecule has 0 unspecified atom stereocenters. The van der Waals surface area contributed by atoms with Crippen molar-refractivity contribution in [2.24, 2.45) is 0 Å². The Labute approximate surface area is 92.9 Å². The van der Waals surface area contributed by atoms with Gasteiger partial charge in [0.25, 0.3) is 0 Å². The summed E-state index contributed by atoms with van der Waals surface area (Å²) in [6.45, 7) is 0. The Morgan fingerprint density at radius 3 is 1.75 bits per heavy atom. The molecule has 0 saturated carbocycles. The van der Waals surface area contributed by atoms with Crippen LogP contribution in [0.3, 0.4) is 0 Å². The summed E-state index contributed by atoms with van der Waals surface area (Å²) >= 11 is 0. The minimum atomic E-state index is -4.88. The standard InChI is InChI=1S/C7H10BO6P2/c9-15(10,11)7(16(12,13)14)8-6-4-2-1-3-5-6/h1-5,7H,(H2,9,10,11)(H2,12,13,14). The number of hydrogen-bond acceptors (Lipinski definition) is 2. The fourth-order valence-corrected chi connectivity index (χ4v) is 3.43. The lowest BCUT2D eigenvalue weighted by atomic mass is 9.72. The molecule has 0 fully saturated rings. The molecule has 0 heterocycles. The topological polar surface area (TPSA) is 115 Å². The summed E-state index contributed by atoms with van der Waals surface area (Å²) in [6, 6.07) is 7.88. The molecule has 6 nitrogen and oxygen atoms in total. The predicted octanol–water partition coefficient (Wildman–Crippen LogP) is -0.345. The molecule has 0 spiro atoms. The largest absolute Gasteiger partial charge is 0.332 e. The molecule has 0 aromatic heterocycles. The van der Waals surface area contributed by atoms with Crippen molar-refractivity contribution in [2.75, 3.05) is 0 Å². The molecule has 0 aliphatic rings. The van der Waals surface area contributed by atoms with Crippen molar-refractivity contribution in [3.05, 3.63) is 30.3 Å². The third-order valence-corrected chi connectivity index (χ3v) is 5.31. The maximum Gasteiger partial charge on any atom is 0.332 e. The summed E-state index contributed by atoms with van der Waals surface area (Å²) in [5, 5.41) is -2.10. The molecule has 0 aliphatic carbocycles. The van der Waals surface area contributed by atoms with Crippen LogP contribution in [0.2, 0.25) is 0 Å². The normalized spacial score (nSPS) is 12.8. The van der Waals surface area contributed by atoms with Crippen molar-refractivity contribution in [3.63, 3.8) is 0 Å². The van der Waals surface area contributed by atoms with Gasteiger partial charge in [0.15, 0.2) is 7.28 Å². The van der Waals surface area contributed by atoms with Gasteiger partial charge in [-0.25, -0.2) is 0 Å². The second-order valence-corrected chi connectivity index (χ2v) is 7.05. The Morgan fingerprint density at radius 2 is 1.38 bits per heavy atom. The molecule has 0 saturated heterocycles. The van der Waals surface area contributed by atoms with E-state index in [4.69, 9.17) is 19.6 Å². The van der Waals surface area contributed by atoms with Gasteiger partial charge in [0.05, 0.1) is 0 Å². The lowest BCUT2D eigenvalue weighted by Gasteiger charge is -2.18.